The van der Waals surface area contributed by atoms with Crippen LogP contribution in [0, 0.1) is 11.7 Å². The number of nitrogens with zero attached hydrogens (tertiary/aromatic N) is 5. The lowest BCUT2D eigenvalue weighted by Crippen LogP contribution is -2.31. The second-order valence-electron chi connectivity index (χ2n) is 10.9. The highest BCUT2D eigenvalue weighted by Gasteiger charge is 2.30. The molecule has 3 atom stereocenters. The lowest BCUT2D eigenvalue weighted by atomic mass is 9.94. The van der Waals surface area contributed by atoms with Gasteiger partial charge < -0.3 is 10.1 Å². The summed E-state index contributed by atoms with van der Waals surface area (Å²) in [6.07, 6.45) is 8.75. The SMILES string of the molecule is CC1CC/C=C/[C@H](OC(=O)Nc2ccc(Cn3nc4c5c(cc(F)cc5c3=O)NCC4c3ncnn3C)cc2)CC1. The van der Waals surface area contributed by atoms with Crippen LogP contribution < -0.4 is 16.2 Å². The van der Waals surface area contributed by atoms with E-state index in [0.29, 0.717) is 40.7 Å². The summed E-state index contributed by atoms with van der Waals surface area (Å²) in [7, 11) is 1.80. The maximum absolute atomic E-state index is 14.5. The normalized spacial score (nSPS) is 21.0. The molecule has 41 heavy (non-hydrogen) atoms. The van der Waals surface area contributed by atoms with Crippen molar-refractivity contribution in [2.24, 2.45) is 13.0 Å². The van der Waals surface area contributed by atoms with Crippen molar-refractivity contribution < 1.29 is 13.9 Å². The molecule has 2 unspecified atom stereocenters. The molecule has 0 saturated carbocycles. The van der Waals surface area contributed by atoms with Crippen molar-refractivity contribution in [1.82, 2.24) is 24.5 Å². The summed E-state index contributed by atoms with van der Waals surface area (Å²) >= 11 is 0. The standard InChI is InChI=1S/C30H32FN7O3/c1-18-5-3-4-6-22(12-7-18)41-30(40)35-21-10-8-19(9-11-21)16-38-29(39)23-13-20(31)14-25-26(23)27(36-38)24(15-32-25)28-33-17-34-37(28)2/h4,6,8-11,13-14,17-18,22,24,32H,3,5,7,12,15-16H2,1-2H3,(H,35,40)/b6-4+/t18?,22-,24?/m0/s1. The number of anilines is 2. The van der Waals surface area contributed by atoms with E-state index in [1.807, 2.05) is 18.2 Å². The molecule has 2 N–H and O–H groups in total. The van der Waals surface area contributed by atoms with Crippen LogP contribution in [0.1, 0.15) is 55.6 Å². The lowest BCUT2D eigenvalue weighted by molar-refractivity contribution is 0.124. The van der Waals surface area contributed by atoms with Gasteiger partial charge in [0.05, 0.1) is 23.5 Å². The molecule has 0 fully saturated rings. The summed E-state index contributed by atoms with van der Waals surface area (Å²) < 4.78 is 23.1. The van der Waals surface area contributed by atoms with E-state index in [2.05, 4.69) is 33.7 Å². The van der Waals surface area contributed by atoms with Gasteiger partial charge in [-0.05, 0) is 67.5 Å². The Balaban J connectivity index is 1.23. The molecule has 0 bridgehead atoms. The fourth-order valence-corrected chi connectivity index (χ4v) is 5.62. The van der Waals surface area contributed by atoms with Gasteiger partial charge in [-0.25, -0.2) is 18.9 Å². The molecule has 10 nitrogen and oxygen atoms in total. The number of rotatable bonds is 5. The first-order valence-corrected chi connectivity index (χ1v) is 13.9. The van der Waals surface area contributed by atoms with Crippen molar-refractivity contribution in [3.05, 3.63) is 88.1 Å². The summed E-state index contributed by atoms with van der Waals surface area (Å²) in [4.78, 5) is 30.4. The first-order chi connectivity index (χ1) is 19.9. The number of aromatic nitrogens is 5. The molecule has 1 aliphatic heterocycles. The summed E-state index contributed by atoms with van der Waals surface area (Å²) in [5, 5.41) is 15.8. The molecule has 0 radical (unpaired) electrons. The number of halogens is 1. The number of nitrogens with one attached hydrogen (secondary N) is 2. The fourth-order valence-electron chi connectivity index (χ4n) is 5.62. The number of benzene rings is 2. The number of ether oxygens (including phenoxy) is 1. The Hall–Kier alpha value is -4.54. The summed E-state index contributed by atoms with van der Waals surface area (Å²) in [6.45, 7) is 2.83. The van der Waals surface area contributed by atoms with Crippen LogP contribution in [-0.4, -0.2) is 43.3 Å². The number of hydrogen-bond acceptors (Lipinski definition) is 7. The number of aryl methyl sites for hydroxylation is 1. The Morgan fingerprint density at radius 1 is 1.20 bits per heavy atom. The molecule has 11 heteroatoms. The van der Waals surface area contributed by atoms with Gasteiger partial charge in [-0.15, -0.1) is 0 Å². The predicted octanol–water partition coefficient (Wildman–Crippen LogP) is 4.95. The van der Waals surface area contributed by atoms with Crippen molar-refractivity contribution in [1.29, 1.82) is 0 Å². The van der Waals surface area contributed by atoms with Crippen LogP contribution >= 0.6 is 0 Å². The molecule has 4 aromatic rings. The Morgan fingerprint density at radius 2 is 2.02 bits per heavy atom. The van der Waals surface area contributed by atoms with Crippen molar-refractivity contribution in [3.63, 3.8) is 0 Å². The van der Waals surface area contributed by atoms with Crippen LogP contribution in [0.25, 0.3) is 10.8 Å². The van der Waals surface area contributed by atoms with Gasteiger partial charge in [0.2, 0.25) is 0 Å². The van der Waals surface area contributed by atoms with Gasteiger partial charge in [-0.1, -0.05) is 25.1 Å². The van der Waals surface area contributed by atoms with Crippen LogP contribution in [0.3, 0.4) is 0 Å². The second kappa shape index (κ2) is 11.1. The molecule has 212 valence electrons. The molecule has 1 amide bonds. The summed E-state index contributed by atoms with van der Waals surface area (Å²) in [5.41, 5.74) is 2.16. The average Bonchev–Trinajstić information content (AvgIpc) is 3.37. The van der Waals surface area contributed by atoms with Crippen LogP contribution in [0.2, 0.25) is 0 Å². The Kier molecular flexibility index (Phi) is 7.25. The third kappa shape index (κ3) is 5.57. The van der Waals surface area contributed by atoms with Gasteiger partial charge in [-0.3, -0.25) is 14.8 Å². The number of hydrogen-bond donors (Lipinski definition) is 2. The van der Waals surface area contributed by atoms with E-state index in [9.17, 15) is 14.0 Å². The average molecular weight is 558 g/mol. The van der Waals surface area contributed by atoms with Crippen LogP contribution in [-0.2, 0) is 18.3 Å². The van der Waals surface area contributed by atoms with Crippen LogP contribution in [0.15, 0.2) is 59.7 Å². The van der Waals surface area contributed by atoms with E-state index in [-0.39, 0.29) is 24.0 Å². The maximum atomic E-state index is 14.5. The van der Waals surface area contributed by atoms with E-state index in [0.717, 1.165) is 31.2 Å². The highest BCUT2D eigenvalue weighted by Crippen LogP contribution is 2.36. The minimum absolute atomic E-state index is 0.169. The minimum Gasteiger partial charge on any atom is -0.442 e. The molecule has 0 spiro atoms. The Morgan fingerprint density at radius 3 is 2.80 bits per heavy atom. The number of carbonyl (C=O) groups is 1. The molecule has 2 aromatic carbocycles. The zero-order valence-electron chi connectivity index (χ0n) is 23.0. The molecule has 3 heterocycles. The fraction of sp³-hybridized carbons (Fsp3) is 0.367. The topological polar surface area (TPSA) is 116 Å². The smallest absolute Gasteiger partial charge is 0.412 e. The van der Waals surface area contributed by atoms with Crippen LogP contribution in [0.5, 0.6) is 0 Å². The Labute approximate surface area is 236 Å². The van der Waals surface area contributed by atoms with E-state index in [4.69, 9.17) is 9.84 Å². The Bertz CT molecular complexity index is 1680. The van der Waals surface area contributed by atoms with E-state index in [1.54, 1.807) is 23.9 Å². The number of allylic oxidation sites excluding steroid dienone is 1. The third-order valence-corrected chi connectivity index (χ3v) is 7.85. The van der Waals surface area contributed by atoms with Gasteiger partial charge in [0.25, 0.3) is 5.56 Å². The van der Waals surface area contributed by atoms with Crippen molar-refractivity contribution in [2.45, 2.75) is 51.2 Å². The highest BCUT2D eigenvalue weighted by atomic mass is 19.1. The van der Waals surface area contributed by atoms with Crippen molar-refractivity contribution in [2.75, 3.05) is 17.2 Å². The van der Waals surface area contributed by atoms with Gasteiger partial charge in [0.1, 0.15) is 24.1 Å². The molecular weight excluding hydrogens is 525 g/mol. The van der Waals surface area contributed by atoms with Gasteiger partial charge in [0.15, 0.2) is 0 Å². The molecule has 2 aromatic heterocycles. The monoisotopic (exact) mass is 557 g/mol. The van der Waals surface area contributed by atoms with Crippen molar-refractivity contribution in [3.8, 4) is 0 Å². The third-order valence-electron chi connectivity index (χ3n) is 7.85. The van der Waals surface area contributed by atoms with E-state index >= 15 is 0 Å². The molecule has 6 rings (SSSR count). The molecule has 1 aliphatic carbocycles. The predicted molar refractivity (Wildman–Crippen MR) is 154 cm³/mol. The summed E-state index contributed by atoms with van der Waals surface area (Å²) in [5.74, 6) is 0.534. The maximum Gasteiger partial charge on any atom is 0.412 e. The van der Waals surface area contributed by atoms with E-state index in [1.165, 1.54) is 23.1 Å². The zero-order chi connectivity index (χ0) is 28.5. The van der Waals surface area contributed by atoms with Gasteiger partial charge in [0, 0.05) is 30.4 Å². The molecular formula is C30H32FN7O3. The largest absolute Gasteiger partial charge is 0.442 e. The summed E-state index contributed by atoms with van der Waals surface area (Å²) in [6, 6.07) is 9.79. The van der Waals surface area contributed by atoms with E-state index < -0.39 is 17.5 Å². The lowest BCUT2D eigenvalue weighted by Gasteiger charge is -2.26. The van der Waals surface area contributed by atoms with Crippen LogP contribution in [0.4, 0.5) is 20.6 Å². The minimum atomic E-state index is -0.506. The van der Waals surface area contributed by atoms with Crippen molar-refractivity contribution >= 4 is 28.2 Å². The quantitative estimate of drug-likeness (QED) is 0.334. The van der Waals surface area contributed by atoms with Gasteiger partial charge >= 0.3 is 6.09 Å². The van der Waals surface area contributed by atoms with Gasteiger partial charge in [-0.2, -0.15) is 10.2 Å². The first-order valence-electron chi connectivity index (χ1n) is 13.9. The number of carbonyl (C=O) groups excluding carboxylic acids is 1. The second-order valence-corrected chi connectivity index (χ2v) is 10.9. The number of amides is 1. The first kappa shape index (κ1) is 26.7. The highest BCUT2D eigenvalue weighted by molar-refractivity contribution is 5.97. The molecule has 2 aliphatic rings. The zero-order valence-corrected chi connectivity index (χ0v) is 23.0. The molecule has 0 saturated heterocycles.